The summed E-state index contributed by atoms with van der Waals surface area (Å²) >= 11 is 0. The molecule has 1 unspecified atom stereocenters. The van der Waals surface area contributed by atoms with Gasteiger partial charge in [0, 0.05) is 12.7 Å². The molecule has 84 valence electrons. The number of aromatic nitrogens is 2. The number of rotatable bonds is 5. The van der Waals surface area contributed by atoms with Crippen LogP contribution in [-0.2, 0) is 0 Å². The zero-order valence-electron chi connectivity index (χ0n) is 9.05. The summed E-state index contributed by atoms with van der Waals surface area (Å²) in [6, 6.07) is 1.91. The maximum Gasteiger partial charge on any atom is 0.316 e. The van der Waals surface area contributed by atoms with Gasteiger partial charge in [-0.2, -0.15) is 4.98 Å². The molecule has 0 saturated heterocycles. The molecule has 0 saturated carbocycles. The Morgan fingerprint density at radius 1 is 1.53 bits per heavy atom. The lowest BCUT2D eigenvalue weighted by Gasteiger charge is -2.09. The Kier molecular flexibility index (Phi) is 4.45. The summed E-state index contributed by atoms with van der Waals surface area (Å²) in [5.41, 5.74) is 5.82. The Hall–Kier alpha value is -1.20. The second-order valence-corrected chi connectivity index (χ2v) is 3.72. The molecule has 1 aromatic rings. The summed E-state index contributed by atoms with van der Waals surface area (Å²) in [6.45, 7) is 4.78. The van der Waals surface area contributed by atoms with Crippen LogP contribution in [0, 0.1) is 5.92 Å². The van der Waals surface area contributed by atoms with Crippen LogP contribution in [0.3, 0.4) is 0 Å². The largest absolute Gasteiger partial charge is 0.463 e. The van der Waals surface area contributed by atoms with Gasteiger partial charge in [-0.3, -0.25) is 0 Å². The van der Waals surface area contributed by atoms with Gasteiger partial charge in [-0.15, -0.1) is 0 Å². The third-order valence-electron chi connectivity index (χ3n) is 1.77. The van der Waals surface area contributed by atoms with Crippen molar-refractivity contribution >= 4 is 0 Å². The summed E-state index contributed by atoms with van der Waals surface area (Å²) in [5, 5.41) is 9.46. The number of aliphatic hydroxyl groups is 1. The average Bonchev–Trinajstić information content (AvgIpc) is 2.25. The van der Waals surface area contributed by atoms with Crippen LogP contribution in [-0.4, -0.2) is 28.2 Å². The Balaban J connectivity index is 2.65. The molecule has 0 aromatic carbocycles. The third kappa shape index (κ3) is 3.81. The third-order valence-corrected chi connectivity index (χ3v) is 1.77. The maximum absolute atomic E-state index is 9.46. The van der Waals surface area contributed by atoms with Crippen LogP contribution in [0.4, 0.5) is 0 Å². The summed E-state index contributed by atoms with van der Waals surface area (Å²) in [5.74, 6) is 0.414. The smallest absolute Gasteiger partial charge is 0.316 e. The minimum Gasteiger partial charge on any atom is -0.463 e. The molecule has 0 aliphatic rings. The fraction of sp³-hybridized carbons (Fsp3) is 0.600. The van der Waals surface area contributed by atoms with Crippen molar-refractivity contribution in [2.75, 3.05) is 13.2 Å². The van der Waals surface area contributed by atoms with Gasteiger partial charge in [0.25, 0.3) is 0 Å². The highest BCUT2D eigenvalue weighted by Crippen LogP contribution is 2.11. The van der Waals surface area contributed by atoms with Crippen molar-refractivity contribution in [1.82, 2.24) is 9.97 Å². The van der Waals surface area contributed by atoms with E-state index in [-0.39, 0.29) is 12.6 Å². The number of hydrogen-bond donors (Lipinski definition) is 2. The molecule has 3 N–H and O–H groups in total. The van der Waals surface area contributed by atoms with E-state index in [1.54, 1.807) is 12.3 Å². The Morgan fingerprint density at radius 2 is 2.27 bits per heavy atom. The highest BCUT2D eigenvalue weighted by molar-refractivity contribution is 5.08. The normalized spacial score (nSPS) is 12.9. The lowest BCUT2D eigenvalue weighted by Crippen LogP contribution is -2.14. The zero-order chi connectivity index (χ0) is 11.3. The number of nitrogens with two attached hydrogens (primary N) is 1. The molecule has 5 nitrogen and oxygen atoms in total. The number of nitrogens with zero attached hydrogens (tertiary/aromatic N) is 2. The molecular formula is C10H17N3O2. The Morgan fingerprint density at radius 3 is 2.87 bits per heavy atom. The minimum absolute atomic E-state index is 0.140. The molecule has 0 aliphatic heterocycles. The van der Waals surface area contributed by atoms with Gasteiger partial charge < -0.3 is 15.6 Å². The van der Waals surface area contributed by atoms with Crippen molar-refractivity contribution in [2.45, 2.75) is 20.0 Å². The van der Waals surface area contributed by atoms with Crippen LogP contribution in [0.5, 0.6) is 6.01 Å². The lowest BCUT2D eigenvalue weighted by atomic mass is 10.2. The van der Waals surface area contributed by atoms with Crippen molar-refractivity contribution in [3.63, 3.8) is 0 Å². The first-order valence-corrected chi connectivity index (χ1v) is 4.97. The highest BCUT2D eigenvalue weighted by atomic mass is 16.5. The molecular weight excluding hydrogens is 194 g/mol. The second kappa shape index (κ2) is 5.63. The van der Waals surface area contributed by atoms with Crippen LogP contribution in [0.15, 0.2) is 12.3 Å². The summed E-state index contributed by atoms with van der Waals surface area (Å²) in [7, 11) is 0. The fourth-order valence-corrected chi connectivity index (χ4v) is 0.971. The zero-order valence-corrected chi connectivity index (χ0v) is 9.05. The second-order valence-electron chi connectivity index (χ2n) is 3.72. The monoisotopic (exact) mass is 211 g/mol. The van der Waals surface area contributed by atoms with Crippen LogP contribution in [0.25, 0.3) is 0 Å². The van der Waals surface area contributed by atoms with Gasteiger partial charge in [0.15, 0.2) is 0 Å². The van der Waals surface area contributed by atoms with E-state index in [2.05, 4.69) is 9.97 Å². The van der Waals surface area contributed by atoms with Crippen LogP contribution in [0.1, 0.15) is 25.6 Å². The highest BCUT2D eigenvalue weighted by Gasteiger charge is 2.08. The van der Waals surface area contributed by atoms with Crippen LogP contribution < -0.4 is 10.5 Å². The van der Waals surface area contributed by atoms with Crippen molar-refractivity contribution in [3.05, 3.63) is 18.0 Å². The van der Waals surface area contributed by atoms with E-state index in [0.717, 1.165) is 0 Å². The molecule has 0 aliphatic carbocycles. The summed E-state index contributed by atoms with van der Waals surface area (Å²) < 4.78 is 5.33. The van der Waals surface area contributed by atoms with Gasteiger partial charge in [0.2, 0.25) is 0 Å². The first-order chi connectivity index (χ1) is 7.13. The molecule has 0 spiro atoms. The Bertz CT molecular complexity index is 304. The van der Waals surface area contributed by atoms with Crippen LogP contribution >= 0.6 is 0 Å². The van der Waals surface area contributed by atoms with Crippen LogP contribution in [0.2, 0.25) is 0 Å². The van der Waals surface area contributed by atoms with E-state index < -0.39 is 6.10 Å². The average molecular weight is 211 g/mol. The van der Waals surface area contributed by atoms with E-state index in [9.17, 15) is 5.11 Å². The van der Waals surface area contributed by atoms with Crippen molar-refractivity contribution < 1.29 is 9.84 Å². The van der Waals surface area contributed by atoms with Gasteiger partial charge in [0.05, 0.1) is 12.3 Å². The summed E-state index contributed by atoms with van der Waals surface area (Å²) in [4.78, 5) is 7.99. The van der Waals surface area contributed by atoms with Gasteiger partial charge >= 0.3 is 6.01 Å². The number of ether oxygens (including phenoxy) is 1. The van der Waals surface area contributed by atoms with E-state index in [4.69, 9.17) is 10.5 Å². The van der Waals surface area contributed by atoms with Gasteiger partial charge in [-0.1, -0.05) is 13.8 Å². The fourth-order valence-electron chi connectivity index (χ4n) is 0.971. The maximum atomic E-state index is 9.46. The van der Waals surface area contributed by atoms with Crippen molar-refractivity contribution in [1.29, 1.82) is 0 Å². The topological polar surface area (TPSA) is 81.3 Å². The quantitative estimate of drug-likeness (QED) is 0.741. The van der Waals surface area contributed by atoms with Gasteiger partial charge in [-0.05, 0) is 12.0 Å². The molecule has 1 aromatic heterocycles. The number of aliphatic hydroxyl groups excluding tert-OH is 1. The predicted octanol–water partition coefficient (Wildman–Crippen LogP) is 0.504. The molecule has 1 heterocycles. The van der Waals surface area contributed by atoms with E-state index in [1.807, 2.05) is 13.8 Å². The summed E-state index contributed by atoms with van der Waals surface area (Å²) in [6.07, 6.45) is 0.797. The first kappa shape index (κ1) is 11.9. The van der Waals surface area contributed by atoms with Gasteiger partial charge in [0.1, 0.15) is 6.10 Å². The van der Waals surface area contributed by atoms with Gasteiger partial charge in [-0.25, -0.2) is 4.98 Å². The molecule has 5 heteroatoms. The first-order valence-electron chi connectivity index (χ1n) is 4.97. The molecule has 1 rings (SSSR count). The minimum atomic E-state index is -0.755. The molecule has 1 atom stereocenters. The molecule has 15 heavy (non-hydrogen) atoms. The standard InChI is InChI=1S/C10H17N3O2/c1-7(2)6-15-10-12-4-3-8(13-10)9(14)5-11/h3-4,7,9,14H,5-6,11H2,1-2H3. The van der Waals surface area contributed by atoms with E-state index in [1.165, 1.54) is 0 Å². The number of hydrogen-bond acceptors (Lipinski definition) is 5. The van der Waals surface area contributed by atoms with E-state index >= 15 is 0 Å². The Labute approximate surface area is 89.3 Å². The molecule has 0 fully saturated rings. The van der Waals surface area contributed by atoms with E-state index in [0.29, 0.717) is 18.2 Å². The van der Waals surface area contributed by atoms with Crippen molar-refractivity contribution in [3.8, 4) is 6.01 Å². The van der Waals surface area contributed by atoms with Crippen molar-refractivity contribution in [2.24, 2.45) is 11.7 Å². The predicted molar refractivity (Wildman–Crippen MR) is 56.4 cm³/mol. The molecule has 0 bridgehead atoms. The lowest BCUT2D eigenvalue weighted by molar-refractivity contribution is 0.178. The molecule has 0 amide bonds. The SMILES string of the molecule is CC(C)COc1nccc(C(O)CN)n1. The molecule has 0 radical (unpaired) electrons.